The fraction of sp³-hybridized carbons (Fsp3) is 0.312. The lowest BCUT2D eigenvalue weighted by Crippen LogP contribution is -2.19. The minimum atomic E-state index is -4.76. The van der Waals surface area contributed by atoms with Gasteiger partial charge >= 0.3 is 6.36 Å². The predicted octanol–water partition coefficient (Wildman–Crippen LogP) is 4.54. The Bertz CT molecular complexity index is 945. The number of ether oxygens (including phenoxy) is 1. The molecule has 0 saturated carbocycles. The number of nitrogens with zero attached hydrogens (tertiary/aromatic N) is 2. The second kappa shape index (κ2) is 6.60. The Balaban J connectivity index is 1.79. The van der Waals surface area contributed by atoms with Gasteiger partial charge in [-0.15, -0.1) is 13.2 Å². The molecule has 3 rings (SSSR count). The largest absolute Gasteiger partial charge is 0.573 e. The van der Waals surface area contributed by atoms with E-state index in [0.717, 1.165) is 11.3 Å². The molecule has 0 aliphatic carbocycles. The van der Waals surface area contributed by atoms with Gasteiger partial charge in [-0.1, -0.05) is 16.5 Å². The summed E-state index contributed by atoms with van der Waals surface area (Å²) in [5, 5.41) is 6.79. The number of benzene rings is 1. The molecule has 10 heteroatoms. The van der Waals surface area contributed by atoms with E-state index in [1.54, 1.807) is 20.8 Å². The molecule has 138 valence electrons. The van der Waals surface area contributed by atoms with Gasteiger partial charge in [0.25, 0.3) is 0 Å². The van der Waals surface area contributed by atoms with Crippen molar-refractivity contribution in [2.24, 2.45) is 0 Å². The van der Waals surface area contributed by atoms with Crippen LogP contribution in [0.5, 0.6) is 5.75 Å². The molecule has 0 aliphatic heterocycles. The number of nitrogens with one attached hydrogen (secondary N) is 1. The number of hydrogen-bond donors (Lipinski definition) is 1. The average Bonchev–Trinajstić information content (AvgIpc) is 3.07. The van der Waals surface area contributed by atoms with Crippen LogP contribution < -0.4 is 10.1 Å². The number of anilines is 1. The van der Waals surface area contributed by atoms with Crippen LogP contribution in [0, 0.1) is 13.8 Å². The normalized spacial score (nSPS) is 13.0. The third kappa shape index (κ3) is 3.79. The van der Waals surface area contributed by atoms with Crippen molar-refractivity contribution in [2.75, 3.05) is 5.32 Å². The number of carbonyl (C=O) groups excluding carboxylic acids is 1. The lowest BCUT2D eigenvalue weighted by molar-refractivity contribution is -0.274. The summed E-state index contributed by atoms with van der Waals surface area (Å²) in [6.07, 6.45) is -4.76. The molecule has 0 radical (unpaired) electrons. The lowest BCUT2D eigenvalue weighted by Gasteiger charge is -2.10. The van der Waals surface area contributed by atoms with Crippen molar-refractivity contribution in [2.45, 2.75) is 33.1 Å². The van der Waals surface area contributed by atoms with Crippen LogP contribution in [-0.2, 0) is 4.79 Å². The number of rotatable bonds is 4. The van der Waals surface area contributed by atoms with E-state index in [1.807, 2.05) is 0 Å². The summed E-state index contributed by atoms with van der Waals surface area (Å²) in [6, 6.07) is 3.81. The van der Waals surface area contributed by atoms with Crippen molar-refractivity contribution < 1.29 is 27.2 Å². The third-order valence-electron chi connectivity index (χ3n) is 3.74. The van der Waals surface area contributed by atoms with Gasteiger partial charge in [0.15, 0.2) is 5.13 Å². The highest BCUT2D eigenvalue weighted by atomic mass is 32.1. The molecule has 6 nitrogen and oxygen atoms in total. The zero-order valence-electron chi connectivity index (χ0n) is 14.0. The molecule has 0 spiro atoms. The maximum Gasteiger partial charge on any atom is 0.573 e. The van der Waals surface area contributed by atoms with Crippen LogP contribution in [0.3, 0.4) is 0 Å². The van der Waals surface area contributed by atoms with E-state index < -0.39 is 12.3 Å². The number of amides is 1. The first kappa shape index (κ1) is 18.2. The Morgan fingerprint density at radius 1 is 1.35 bits per heavy atom. The Labute approximate surface area is 150 Å². The Morgan fingerprint density at radius 3 is 2.69 bits per heavy atom. The van der Waals surface area contributed by atoms with Gasteiger partial charge in [0.1, 0.15) is 11.5 Å². The van der Waals surface area contributed by atoms with Crippen LogP contribution in [0.25, 0.3) is 10.2 Å². The topological polar surface area (TPSA) is 77.3 Å². The highest BCUT2D eigenvalue weighted by Crippen LogP contribution is 2.32. The molecule has 1 unspecified atom stereocenters. The SMILES string of the molecule is Cc1noc(C)c1C(C)C(=O)Nc1nc2ccc(OC(F)(F)F)cc2s1. The zero-order chi connectivity index (χ0) is 19.1. The van der Waals surface area contributed by atoms with E-state index in [9.17, 15) is 18.0 Å². The summed E-state index contributed by atoms with van der Waals surface area (Å²) in [4.78, 5) is 16.7. The third-order valence-corrected chi connectivity index (χ3v) is 4.67. The first-order valence-corrected chi connectivity index (χ1v) is 8.35. The first-order valence-electron chi connectivity index (χ1n) is 7.54. The average molecular weight is 385 g/mol. The minimum absolute atomic E-state index is 0.285. The highest BCUT2D eigenvalue weighted by Gasteiger charge is 2.31. The number of halogens is 3. The van der Waals surface area contributed by atoms with Crippen LogP contribution in [0.2, 0.25) is 0 Å². The molecule has 0 saturated heterocycles. The molecule has 26 heavy (non-hydrogen) atoms. The van der Waals surface area contributed by atoms with Gasteiger partial charge in [-0.05, 0) is 32.9 Å². The zero-order valence-corrected chi connectivity index (χ0v) is 14.8. The van der Waals surface area contributed by atoms with Gasteiger partial charge in [0.05, 0.1) is 21.8 Å². The van der Waals surface area contributed by atoms with Crippen LogP contribution in [-0.4, -0.2) is 22.4 Å². The molecular formula is C16H14F3N3O3S. The summed E-state index contributed by atoms with van der Waals surface area (Å²) < 4.78 is 46.3. The maximum absolute atomic E-state index is 12.5. The lowest BCUT2D eigenvalue weighted by atomic mass is 9.99. The van der Waals surface area contributed by atoms with Gasteiger partial charge in [-0.25, -0.2) is 4.98 Å². The van der Waals surface area contributed by atoms with Crippen LogP contribution in [0.4, 0.5) is 18.3 Å². The first-order chi connectivity index (χ1) is 12.1. The fourth-order valence-corrected chi connectivity index (χ4v) is 3.51. The van der Waals surface area contributed by atoms with E-state index >= 15 is 0 Å². The van der Waals surface area contributed by atoms with Crippen molar-refractivity contribution in [3.05, 3.63) is 35.2 Å². The number of carbonyl (C=O) groups is 1. The van der Waals surface area contributed by atoms with E-state index in [0.29, 0.717) is 27.2 Å². The maximum atomic E-state index is 12.5. The van der Waals surface area contributed by atoms with E-state index in [-0.39, 0.29) is 16.8 Å². The van der Waals surface area contributed by atoms with Crippen LogP contribution >= 0.6 is 11.3 Å². The molecule has 0 fully saturated rings. The molecular weight excluding hydrogens is 371 g/mol. The quantitative estimate of drug-likeness (QED) is 0.713. The number of thiazole rings is 1. The summed E-state index contributed by atoms with van der Waals surface area (Å²) >= 11 is 1.06. The van der Waals surface area contributed by atoms with Crippen LogP contribution in [0.15, 0.2) is 22.7 Å². The van der Waals surface area contributed by atoms with Gasteiger partial charge in [-0.2, -0.15) is 0 Å². The number of aromatic nitrogens is 2. The van der Waals surface area contributed by atoms with Gasteiger partial charge in [-0.3, -0.25) is 4.79 Å². The Hall–Kier alpha value is -2.62. The molecule has 3 aromatic rings. The van der Waals surface area contributed by atoms with E-state index in [1.165, 1.54) is 18.2 Å². The molecule has 0 bridgehead atoms. The fourth-order valence-electron chi connectivity index (χ4n) is 2.61. The van der Waals surface area contributed by atoms with Gasteiger partial charge in [0.2, 0.25) is 5.91 Å². The number of aryl methyl sites for hydroxylation is 2. The Morgan fingerprint density at radius 2 is 2.08 bits per heavy atom. The molecule has 1 atom stereocenters. The van der Waals surface area contributed by atoms with Gasteiger partial charge in [0, 0.05) is 11.6 Å². The molecule has 2 aromatic heterocycles. The summed E-state index contributed by atoms with van der Waals surface area (Å²) in [6.45, 7) is 5.18. The summed E-state index contributed by atoms with van der Waals surface area (Å²) in [7, 11) is 0. The van der Waals surface area contributed by atoms with Crippen molar-refractivity contribution >= 4 is 32.6 Å². The van der Waals surface area contributed by atoms with Gasteiger partial charge < -0.3 is 14.6 Å². The summed E-state index contributed by atoms with van der Waals surface area (Å²) in [5.41, 5.74) is 1.79. The molecule has 1 aromatic carbocycles. The van der Waals surface area contributed by atoms with Crippen molar-refractivity contribution in [1.29, 1.82) is 0 Å². The predicted molar refractivity (Wildman–Crippen MR) is 89.3 cm³/mol. The smallest absolute Gasteiger partial charge is 0.406 e. The minimum Gasteiger partial charge on any atom is -0.406 e. The van der Waals surface area contributed by atoms with Crippen molar-refractivity contribution in [3.63, 3.8) is 0 Å². The number of fused-ring (bicyclic) bond motifs is 1. The molecule has 1 N–H and O–H groups in total. The van der Waals surface area contributed by atoms with E-state index in [4.69, 9.17) is 4.52 Å². The Kier molecular flexibility index (Phi) is 4.61. The second-order valence-corrected chi connectivity index (χ2v) is 6.68. The molecule has 2 heterocycles. The monoisotopic (exact) mass is 385 g/mol. The van der Waals surface area contributed by atoms with Crippen molar-refractivity contribution in [1.82, 2.24) is 10.1 Å². The van der Waals surface area contributed by atoms with Crippen molar-refractivity contribution in [3.8, 4) is 5.75 Å². The molecule has 0 aliphatic rings. The standard InChI is InChI=1S/C16H14F3N3O3S/c1-7(13-8(2)22-25-9(13)3)14(23)21-15-20-11-5-4-10(6-12(11)26-15)24-16(17,18)19/h4-7H,1-3H3,(H,20,21,23). The summed E-state index contributed by atoms with van der Waals surface area (Å²) in [5.74, 6) is -0.610. The van der Waals surface area contributed by atoms with Crippen LogP contribution in [0.1, 0.15) is 29.9 Å². The number of hydrogen-bond acceptors (Lipinski definition) is 6. The molecule has 1 amide bonds. The second-order valence-electron chi connectivity index (χ2n) is 5.65. The number of alkyl halides is 3. The highest BCUT2D eigenvalue weighted by molar-refractivity contribution is 7.22. The van der Waals surface area contributed by atoms with E-state index in [2.05, 4.69) is 20.2 Å².